The summed E-state index contributed by atoms with van der Waals surface area (Å²) in [6.07, 6.45) is 2.50. The van der Waals surface area contributed by atoms with Gasteiger partial charge in [-0.2, -0.15) is 8.78 Å². The summed E-state index contributed by atoms with van der Waals surface area (Å²) in [5.41, 5.74) is 1.56. The van der Waals surface area contributed by atoms with Crippen LogP contribution in [0.15, 0.2) is 42.7 Å². The Morgan fingerprint density at radius 3 is 2.72 bits per heavy atom. The molecule has 2 heterocycles. The third-order valence-corrected chi connectivity index (χ3v) is 4.89. The minimum Gasteiger partial charge on any atom is -0.333 e. The van der Waals surface area contributed by atoms with E-state index < -0.39 is 6.55 Å². The van der Waals surface area contributed by atoms with E-state index >= 15 is 0 Å². The minimum atomic E-state index is -2.68. The molecule has 5 nitrogen and oxygen atoms in total. The van der Waals surface area contributed by atoms with Gasteiger partial charge in [0.15, 0.2) is 0 Å². The van der Waals surface area contributed by atoms with Gasteiger partial charge in [-0.15, -0.1) is 11.3 Å². The lowest BCUT2D eigenvalue weighted by Crippen LogP contribution is -2.27. The van der Waals surface area contributed by atoms with Gasteiger partial charge in [-0.25, -0.2) is 9.97 Å². The highest BCUT2D eigenvalue weighted by molar-refractivity contribution is 7.17. The molecule has 0 spiro atoms. The minimum absolute atomic E-state index is 0.00577. The monoisotopic (exact) mass is 362 g/mol. The lowest BCUT2D eigenvalue weighted by atomic mass is 10.2. The maximum Gasteiger partial charge on any atom is 0.319 e. The number of aromatic nitrogens is 3. The summed E-state index contributed by atoms with van der Waals surface area (Å²) < 4.78 is 26.6. The van der Waals surface area contributed by atoms with Gasteiger partial charge in [-0.1, -0.05) is 30.3 Å². The largest absolute Gasteiger partial charge is 0.333 e. The average molecular weight is 362 g/mol. The number of nitrogens with zero attached hydrogens (tertiary/aromatic N) is 4. The molecule has 0 radical (unpaired) electrons. The highest BCUT2D eigenvalue weighted by atomic mass is 32.1. The summed E-state index contributed by atoms with van der Waals surface area (Å²) in [6.45, 7) is -0.922. The lowest BCUT2D eigenvalue weighted by molar-refractivity contribution is 0.0613. The van der Waals surface area contributed by atoms with Crippen molar-refractivity contribution < 1.29 is 13.6 Å². The Morgan fingerprint density at radius 1 is 1.32 bits per heavy atom. The zero-order chi connectivity index (χ0) is 18.0. The van der Waals surface area contributed by atoms with Gasteiger partial charge in [0.2, 0.25) is 0 Å². The molecule has 0 saturated carbocycles. The van der Waals surface area contributed by atoms with E-state index in [0.717, 1.165) is 15.1 Å². The molecule has 2 aromatic heterocycles. The summed E-state index contributed by atoms with van der Waals surface area (Å²) in [6, 6.07) is 9.58. The van der Waals surface area contributed by atoms with Crippen LogP contribution in [0.25, 0.3) is 10.6 Å². The van der Waals surface area contributed by atoms with Crippen LogP contribution in [0.5, 0.6) is 0 Å². The van der Waals surface area contributed by atoms with Crippen molar-refractivity contribution in [2.24, 2.45) is 0 Å². The van der Waals surface area contributed by atoms with Crippen LogP contribution in [-0.4, -0.2) is 32.4 Å². The van der Waals surface area contributed by atoms with Crippen LogP contribution in [0.1, 0.15) is 27.7 Å². The van der Waals surface area contributed by atoms with Crippen LogP contribution >= 0.6 is 11.3 Å². The van der Waals surface area contributed by atoms with Crippen LogP contribution in [0.2, 0.25) is 0 Å². The molecule has 1 aromatic carbocycles. The van der Waals surface area contributed by atoms with Gasteiger partial charge in [-0.3, -0.25) is 9.36 Å². The molecule has 0 aliphatic rings. The van der Waals surface area contributed by atoms with E-state index in [0.29, 0.717) is 10.6 Å². The molecule has 0 fully saturated rings. The van der Waals surface area contributed by atoms with E-state index in [2.05, 4.69) is 9.97 Å². The molecule has 0 aliphatic carbocycles. The van der Waals surface area contributed by atoms with Gasteiger partial charge in [0.1, 0.15) is 15.7 Å². The molecule has 0 atom stereocenters. The van der Waals surface area contributed by atoms with Crippen LogP contribution in [0, 0.1) is 6.92 Å². The third-order valence-electron chi connectivity index (χ3n) is 3.70. The van der Waals surface area contributed by atoms with Gasteiger partial charge < -0.3 is 4.90 Å². The molecule has 0 aliphatic heterocycles. The quantitative estimate of drug-likeness (QED) is 0.690. The molecular formula is C17H16F2N4OS. The number of hydrogen-bond acceptors (Lipinski definition) is 4. The third kappa shape index (κ3) is 3.58. The highest BCUT2D eigenvalue weighted by Crippen LogP contribution is 2.28. The average Bonchev–Trinajstić information content (AvgIpc) is 3.21. The Hall–Kier alpha value is -2.61. The molecule has 0 N–H and O–H groups in total. The first-order valence-corrected chi connectivity index (χ1v) is 8.37. The topological polar surface area (TPSA) is 51.0 Å². The van der Waals surface area contributed by atoms with Crippen LogP contribution in [0.4, 0.5) is 8.78 Å². The van der Waals surface area contributed by atoms with Crippen molar-refractivity contribution in [3.8, 4) is 10.6 Å². The first-order valence-electron chi connectivity index (χ1n) is 7.55. The molecular weight excluding hydrogens is 346 g/mol. The molecule has 1 amide bonds. The van der Waals surface area contributed by atoms with Crippen LogP contribution < -0.4 is 0 Å². The molecule has 0 unspecified atom stereocenters. The Labute approximate surface area is 147 Å². The van der Waals surface area contributed by atoms with E-state index in [9.17, 15) is 13.6 Å². The molecule has 3 aromatic rings. The molecule has 25 heavy (non-hydrogen) atoms. The van der Waals surface area contributed by atoms with E-state index in [4.69, 9.17) is 0 Å². The summed E-state index contributed by atoms with van der Waals surface area (Å²) in [5, 5.41) is 0.754. The number of carbonyl (C=O) groups is 1. The molecule has 8 heteroatoms. The number of rotatable bonds is 5. The SMILES string of the molecule is Cc1nc(-c2ccccc2)sc1C(=O)N(C)Cc1nccn1C(F)F. The standard InChI is InChI=1S/C17H16F2N4OS/c1-11-14(25-15(21-11)12-6-4-3-5-7-12)16(24)22(2)10-13-20-8-9-23(13)17(18)19/h3-9,17H,10H2,1-2H3. The predicted molar refractivity (Wildman–Crippen MR) is 91.6 cm³/mol. The molecule has 130 valence electrons. The smallest absolute Gasteiger partial charge is 0.319 e. The maximum absolute atomic E-state index is 12.9. The second kappa shape index (κ2) is 7.10. The normalized spacial score (nSPS) is 11.1. The summed E-state index contributed by atoms with van der Waals surface area (Å²) in [4.78, 5) is 22.9. The fourth-order valence-corrected chi connectivity index (χ4v) is 3.47. The summed E-state index contributed by atoms with van der Waals surface area (Å²) >= 11 is 1.29. The number of hydrogen-bond donors (Lipinski definition) is 0. The number of imidazole rings is 1. The predicted octanol–water partition coefficient (Wildman–Crippen LogP) is 3.98. The number of benzene rings is 1. The van der Waals surface area contributed by atoms with Crippen molar-refractivity contribution in [1.29, 1.82) is 0 Å². The van der Waals surface area contributed by atoms with Crippen molar-refractivity contribution in [3.05, 3.63) is 59.1 Å². The fraction of sp³-hybridized carbons (Fsp3) is 0.235. The molecule has 0 saturated heterocycles. The number of amides is 1. The second-order valence-electron chi connectivity index (χ2n) is 5.49. The molecule has 0 bridgehead atoms. The maximum atomic E-state index is 12.9. The van der Waals surface area contributed by atoms with Gasteiger partial charge in [-0.05, 0) is 6.92 Å². The number of halogens is 2. The van der Waals surface area contributed by atoms with Crippen molar-refractivity contribution in [2.75, 3.05) is 7.05 Å². The van der Waals surface area contributed by atoms with Crippen molar-refractivity contribution in [3.63, 3.8) is 0 Å². The lowest BCUT2D eigenvalue weighted by Gasteiger charge is -2.17. The van der Waals surface area contributed by atoms with Crippen LogP contribution in [-0.2, 0) is 6.54 Å². The number of aryl methyl sites for hydroxylation is 1. The van der Waals surface area contributed by atoms with Gasteiger partial charge >= 0.3 is 6.55 Å². The molecule has 3 rings (SSSR count). The summed E-state index contributed by atoms with van der Waals surface area (Å²) in [7, 11) is 1.56. The number of carbonyl (C=O) groups excluding carboxylic acids is 1. The van der Waals surface area contributed by atoms with Gasteiger partial charge in [0, 0.05) is 25.0 Å². The van der Waals surface area contributed by atoms with Gasteiger partial charge in [0.25, 0.3) is 5.91 Å². The van der Waals surface area contributed by atoms with Crippen molar-refractivity contribution in [1.82, 2.24) is 19.4 Å². The zero-order valence-corrected chi connectivity index (χ0v) is 14.5. The Morgan fingerprint density at radius 2 is 2.04 bits per heavy atom. The fourth-order valence-electron chi connectivity index (χ4n) is 2.40. The zero-order valence-electron chi connectivity index (χ0n) is 13.7. The van der Waals surface area contributed by atoms with E-state index in [-0.39, 0.29) is 18.3 Å². The number of alkyl halides is 2. The highest BCUT2D eigenvalue weighted by Gasteiger charge is 2.22. The van der Waals surface area contributed by atoms with Gasteiger partial charge in [0.05, 0.1) is 12.2 Å². The Bertz CT molecular complexity index is 876. The second-order valence-corrected chi connectivity index (χ2v) is 6.49. The summed E-state index contributed by atoms with van der Waals surface area (Å²) in [5.74, 6) is -0.128. The van der Waals surface area contributed by atoms with E-state index in [1.165, 1.54) is 28.6 Å². The Kier molecular flexibility index (Phi) is 4.89. The van der Waals surface area contributed by atoms with Crippen molar-refractivity contribution >= 4 is 17.2 Å². The number of thiazole rings is 1. The first-order chi connectivity index (χ1) is 12.0. The van der Waals surface area contributed by atoms with Crippen molar-refractivity contribution in [2.45, 2.75) is 20.0 Å². The Balaban J connectivity index is 1.81. The van der Waals surface area contributed by atoms with E-state index in [1.54, 1.807) is 14.0 Å². The van der Waals surface area contributed by atoms with E-state index in [1.807, 2.05) is 30.3 Å². The first kappa shape index (κ1) is 17.2. The van der Waals surface area contributed by atoms with Crippen LogP contribution in [0.3, 0.4) is 0 Å².